The van der Waals surface area contributed by atoms with Crippen LogP contribution in [0.4, 0.5) is 5.69 Å². The fourth-order valence-corrected chi connectivity index (χ4v) is 2.59. The molecule has 0 bridgehead atoms. The monoisotopic (exact) mass is 345 g/mol. The maximum atomic E-state index is 12.3. The summed E-state index contributed by atoms with van der Waals surface area (Å²) in [6.45, 7) is 0. The second kappa shape index (κ2) is 6.33. The van der Waals surface area contributed by atoms with E-state index < -0.39 is 23.9 Å². The van der Waals surface area contributed by atoms with Gasteiger partial charge in [0.1, 0.15) is 0 Å². The van der Waals surface area contributed by atoms with Crippen LogP contribution >= 0.6 is 11.6 Å². The van der Waals surface area contributed by atoms with Gasteiger partial charge in [-0.2, -0.15) is 0 Å². The first kappa shape index (κ1) is 16.0. The van der Waals surface area contributed by atoms with Gasteiger partial charge in [-0.05, 0) is 42.0 Å². The van der Waals surface area contributed by atoms with E-state index in [9.17, 15) is 14.4 Å². The van der Waals surface area contributed by atoms with Crippen molar-refractivity contribution in [2.24, 2.45) is 0 Å². The van der Waals surface area contributed by atoms with Crippen LogP contribution in [0.15, 0.2) is 42.5 Å². The lowest BCUT2D eigenvalue weighted by molar-refractivity contribution is -0.125. The topological polar surface area (TPSA) is 92.7 Å². The highest BCUT2D eigenvalue weighted by atomic mass is 35.5. The number of hydrogen-bond donors (Lipinski definition) is 2. The quantitative estimate of drug-likeness (QED) is 0.834. The van der Waals surface area contributed by atoms with Crippen LogP contribution in [0.1, 0.15) is 26.3 Å². The Bertz CT molecular complexity index is 831. The molecule has 2 N–H and O–H groups in total. The Labute approximate surface area is 142 Å². The molecule has 0 unspecified atom stereocenters. The van der Waals surface area contributed by atoms with Gasteiger partial charge in [-0.3, -0.25) is 4.79 Å². The molecule has 0 saturated carbocycles. The number of aromatic carboxylic acids is 1. The van der Waals surface area contributed by atoms with Crippen LogP contribution in [0, 0.1) is 0 Å². The maximum absolute atomic E-state index is 12.3. The molecule has 0 spiro atoms. The summed E-state index contributed by atoms with van der Waals surface area (Å²) >= 11 is 5.85. The van der Waals surface area contributed by atoms with Gasteiger partial charge in [0.2, 0.25) is 0 Å². The molecule has 3 rings (SSSR count). The normalized spacial score (nSPS) is 16.0. The number of fused-ring (bicyclic) bond motifs is 1. The molecule has 2 aromatic rings. The lowest BCUT2D eigenvalue weighted by atomic mass is 9.98. The molecule has 6 nitrogen and oxygen atoms in total. The van der Waals surface area contributed by atoms with Gasteiger partial charge >= 0.3 is 11.9 Å². The maximum Gasteiger partial charge on any atom is 0.339 e. The molecule has 24 heavy (non-hydrogen) atoms. The average Bonchev–Trinajstić information content (AvgIpc) is 2.55. The second-order valence-corrected chi connectivity index (χ2v) is 5.71. The number of amides is 1. The van der Waals surface area contributed by atoms with Crippen molar-refractivity contribution in [3.63, 3.8) is 0 Å². The molecule has 7 heteroatoms. The van der Waals surface area contributed by atoms with E-state index in [1.54, 1.807) is 12.1 Å². The summed E-state index contributed by atoms with van der Waals surface area (Å²) in [4.78, 5) is 35.1. The zero-order valence-electron chi connectivity index (χ0n) is 12.3. The lowest BCUT2D eigenvalue weighted by Crippen LogP contribution is -2.38. The predicted octanol–water partition coefficient (Wildman–Crippen LogP) is 2.76. The van der Waals surface area contributed by atoms with Crippen LogP contribution < -0.4 is 5.32 Å². The van der Waals surface area contributed by atoms with E-state index in [2.05, 4.69) is 5.32 Å². The summed E-state index contributed by atoms with van der Waals surface area (Å²) in [7, 11) is 0. The van der Waals surface area contributed by atoms with Gasteiger partial charge in [0.05, 0.1) is 11.1 Å². The first-order valence-corrected chi connectivity index (χ1v) is 7.45. The Kier molecular flexibility index (Phi) is 4.22. The van der Waals surface area contributed by atoms with Crippen LogP contribution in [-0.4, -0.2) is 29.1 Å². The smallest absolute Gasteiger partial charge is 0.339 e. The number of halogens is 1. The molecular weight excluding hydrogens is 334 g/mol. The molecule has 2 aromatic carbocycles. The van der Waals surface area contributed by atoms with Crippen molar-refractivity contribution in [3.8, 4) is 0 Å². The molecule has 1 atom stereocenters. The first-order valence-electron chi connectivity index (χ1n) is 7.07. The Morgan fingerprint density at radius 2 is 1.88 bits per heavy atom. The number of benzene rings is 2. The standard InChI is InChI=1S/C17H12ClNO5/c18-11-4-1-10-7-14(24-17(23)13(10)8-11)15(20)19-12-5-2-9(3-6-12)16(21)22/h1-6,8,14H,7H2,(H,19,20)(H,21,22)/t14-/m1/s1. The summed E-state index contributed by atoms with van der Waals surface area (Å²) in [6.07, 6.45) is -0.706. The first-order chi connectivity index (χ1) is 11.4. The van der Waals surface area contributed by atoms with Gasteiger partial charge in [-0.15, -0.1) is 0 Å². The second-order valence-electron chi connectivity index (χ2n) is 5.27. The summed E-state index contributed by atoms with van der Waals surface area (Å²) in [5.41, 5.74) is 1.58. The minimum absolute atomic E-state index is 0.114. The van der Waals surface area contributed by atoms with Crippen molar-refractivity contribution >= 4 is 35.1 Å². The largest absolute Gasteiger partial charge is 0.478 e. The highest BCUT2D eigenvalue weighted by molar-refractivity contribution is 6.31. The number of esters is 1. The van der Waals surface area contributed by atoms with E-state index in [1.807, 2.05) is 0 Å². The van der Waals surface area contributed by atoms with E-state index in [0.29, 0.717) is 21.8 Å². The number of hydrogen-bond acceptors (Lipinski definition) is 4. The molecule has 1 amide bonds. The van der Waals surface area contributed by atoms with Crippen LogP contribution in [0.3, 0.4) is 0 Å². The third kappa shape index (κ3) is 3.23. The van der Waals surface area contributed by atoms with Crippen molar-refractivity contribution in [3.05, 3.63) is 64.2 Å². The van der Waals surface area contributed by atoms with Crippen molar-refractivity contribution in [2.45, 2.75) is 12.5 Å². The van der Waals surface area contributed by atoms with Crippen molar-refractivity contribution in [1.29, 1.82) is 0 Å². The zero-order chi connectivity index (χ0) is 17.3. The van der Waals surface area contributed by atoms with Crippen LogP contribution in [0.25, 0.3) is 0 Å². The summed E-state index contributed by atoms with van der Waals surface area (Å²) in [5, 5.41) is 11.9. The molecule has 1 aliphatic rings. The number of carbonyl (C=O) groups excluding carboxylic acids is 2. The average molecular weight is 346 g/mol. The molecule has 1 heterocycles. The Balaban J connectivity index is 1.73. The number of carboxylic acid groups (broad SMARTS) is 1. The molecule has 0 fully saturated rings. The minimum Gasteiger partial charge on any atom is -0.478 e. The third-order valence-corrected chi connectivity index (χ3v) is 3.87. The van der Waals surface area contributed by atoms with Gasteiger partial charge in [0.25, 0.3) is 5.91 Å². The molecule has 0 radical (unpaired) electrons. The number of cyclic esters (lactones) is 1. The molecule has 1 aliphatic heterocycles. The van der Waals surface area contributed by atoms with Crippen LogP contribution in [-0.2, 0) is 16.0 Å². The molecular formula is C17H12ClNO5. The van der Waals surface area contributed by atoms with E-state index in [0.717, 1.165) is 0 Å². The van der Waals surface area contributed by atoms with E-state index in [-0.39, 0.29) is 12.0 Å². The van der Waals surface area contributed by atoms with E-state index >= 15 is 0 Å². The predicted molar refractivity (Wildman–Crippen MR) is 86.4 cm³/mol. The van der Waals surface area contributed by atoms with Gasteiger partial charge in [0, 0.05) is 17.1 Å². The SMILES string of the molecule is O=C(O)c1ccc(NC(=O)[C@H]2Cc3ccc(Cl)cc3C(=O)O2)cc1. The number of ether oxygens (including phenoxy) is 1. The Hall–Kier alpha value is -2.86. The highest BCUT2D eigenvalue weighted by Gasteiger charge is 2.31. The van der Waals surface area contributed by atoms with Crippen molar-refractivity contribution in [1.82, 2.24) is 0 Å². The number of carboxylic acids is 1. The number of anilines is 1. The Morgan fingerprint density at radius 3 is 2.54 bits per heavy atom. The molecule has 122 valence electrons. The number of nitrogens with one attached hydrogen (secondary N) is 1. The fourth-order valence-electron chi connectivity index (χ4n) is 2.42. The van der Waals surface area contributed by atoms with Gasteiger partial charge in [-0.25, -0.2) is 9.59 Å². The summed E-state index contributed by atoms with van der Waals surface area (Å²) in [5.74, 6) is -2.13. The lowest BCUT2D eigenvalue weighted by Gasteiger charge is -2.24. The fraction of sp³-hybridized carbons (Fsp3) is 0.118. The zero-order valence-corrected chi connectivity index (χ0v) is 13.0. The van der Waals surface area contributed by atoms with Gasteiger partial charge in [0.15, 0.2) is 6.10 Å². The third-order valence-electron chi connectivity index (χ3n) is 3.64. The van der Waals surface area contributed by atoms with Crippen molar-refractivity contribution in [2.75, 3.05) is 5.32 Å². The summed E-state index contributed by atoms with van der Waals surface area (Å²) < 4.78 is 5.16. The molecule has 0 saturated heterocycles. The van der Waals surface area contributed by atoms with Gasteiger partial charge in [-0.1, -0.05) is 17.7 Å². The van der Waals surface area contributed by atoms with E-state index in [1.165, 1.54) is 30.3 Å². The Morgan fingerprint density at radius 1 is 1.17 bits per heavy atom. The number of rotatable bonds is 3. The van der Waals surface area contributed by atoms with E-state index in [4.69, 9.17) is 21.4 Å². The van der Waals surface area contributed by atoms with Gasteiger partial charge < -0.3 is 15.2 Å². The minimum atomic E-state index is -1.05. The highest BCUT2D eigenvalue weighted by Crippen LogP contribution is 2.24. The molecule has 0 aromatic heterocycles. The molecule has 0 aliphatic carbocycles. The van der Waals surface area contributed by atoms with Crippen LogP contribution in [0.5, 0.6) is 0 Å². The van der Waals surface area contributed by atoms with Crippen molar-refractivity contribution < 1.29 is 24.2 Å². The number of carbonyl (C=O) groups is 3. The van der Waals surface area contributed by atoms with Crippen LogP contribution in [0.2, 0.25) is 5.02 Å². The summed E-state index contributed by atoms with van der Waals surface area (Å²) in [6, 6.07) is 10.6.